The summed E-state index contributed by atoms with van der Waals surface area (Å²) in [6, 6.07) is 11.9. The average molecular weight is 515 g/mol. The van der Waals surface area contributed by atoms with Gasteiger partial charge < -0.3 is 14.2 Å². The zero-order chi connectivity index (χ0) is 26.6. The fourth-order valence-electron chi connectivity index (χ4n) is 3.93. The van der Waals surface area contributed by atoms with Gasteiger partial charge in [-0.25, -0.2) is 5.01 Å². The molecule has 1 unspecified atom stereocenters. The number of carbonyl (C=O) groups excluding carboxylic acids is 1. The molecule has 0 saturated carbocycles. The van der Waals surface area contributed by atoms with Crippen molar-refractivity contribution in [1.29, 1.82) is 0 Å². The number of benzene rings is 1. The van der Waals surface area contributed by atoms with Crippen molar-refractivity contribution < 1.29 is 32.2 Å². The molecule has 1 atom stereocenters. The summed E-state index contributed by atoms with van der Waals surface area (Å²) in [5.74, 6) is 0.716. The molecule has 194 valence electrons. The Morgan fingerprint density at radius 1 is 1.05 bits per heavy atom. The third-order valence-electron chi connectivity index (χ3n) is 5.78. The second-order valence-corrected chi connectivity index (χ2v) is 8.33. The fraction of sp³-hybridized carbons (Fsp3) is 0.308. The number of alkyl halides is 3. The Kier molecular flexibility index (Phi) is 7.61. The lowest BCUT2D eigenvalue weighted by Gasteiger charge is -2.22. The number of amides is 1. The van der Waals surface area contributed by atoms with E-state index in [1.807, 2.05) is 24.3 Å². The minimum atomic E-state index is -4.44. The lowest BCUT2D eigenvalue weighted by Crippen LogP contribution is -2.24. The number of halogens is 3. The van der Waals surface area contributed by atoms with E-state index in [9.17, 15) is 18.0 Å². The first kappa shape index (κ1) is 25.9. The third-order valence-corrected chi connectivity index (χ3v) is 5.78. The van der Waals surface area contributed by atoms with Crippen LogP contribution >= 0.6 is 0 Å². The lowest BCUT2D eigenvalue weighted by molar-refractivity contribution is -0.153. The van der Waals surface area contributed by atoms with Gasteiger partial charge in [-0.1, -0.05) is 12.1 Å². The molecule has 0 spiro atoms. The van der Waals surface area contributed by atoms with Gasteiger partial charge >= 0.3 is 6.18 Å². The maximum atomic E-state index is 12.5. The molecule has 37 heavy (non-hydrogen) atoms. The first-order chi connectivity index (χ1) is 17.7. The van der Waals surface area contributed by atoms with Gasteiger partial charge in [-0.2, -0.15) is 18.3 Å². The Morgan fingerprint density at radius 2 is 1.86 bits per heavy atom. The summed E-state index contributed by atoms with van der Waals surface area (Å²) in [5, 5.41) is 5.92. The van der Waals surface area contributed by atoms with Crippen molar-refractivity contribution in [2.75, 3.05) is 13.7 Å². The highest BCUT2D eigenvalue weighted by Crippen LogP contribution is 2.37. The molecule has 0 radical (unpaired) electrons. The maximum absolute atomic E-state index is 12.5. The molecule has 0 bridgehead atoms. The van der Waals surface area contributed by atoms with Gasteiger partial charge in [-0.15, -0.1) is 0 Å². The number of rotatable bonds is 8. The second kappa shape index (κ2) is 10.9. The molecule has 2 aromatic heterocycles. The molecule has 1 amide bonds. The first-order valence-corrected chi connectivity index (χ1v) is 11.4. The van der Waals surface area contributed by atoms with E-state index in [4.69, 9.17) is 14.2 Å². The summed E-state index contributed by atoms with van der Waals surface area (Å²) < 4.78 is 53.9. The number of methoxy groups -OCH3 is 1. The van der Waals surface area contributed by atoms with Crippen LogP contribution in [0.15, 0.2) is 60.0 Å². The number of hydrogen-bond acceptors (Lipinski definition) is 7. The summed E-state index contributed by atoms with van der Waals surface area (Å²) in [6.45, 7) is 1.67. The van der Waals surface area contributed by atoms with E-state index >= 15 is 0 Å². The molecule has 1 aliphatic rings. The van der Waals surface area contributed by atoms with Gasteiger partial charge in [0.15, 0.2) is 18.1 Å². The van der Waals surface area contributed by atoms with Crippen LogP contribution in [0.3, 0.4) is 0 Å². The molecule has 3 aromatic rings. The average Bonchev–Trinajstić information content (AvgIpc) is 3.33. The summed E-state index contributed by atoms with van der Waals surface area (Å²) in [5.41, 5.74) is 3.08. The minimum Gasteiger partial charge on any atom is -0.493 e. The number of ether oxygens (including phenoxy) is 3. The van der Waals surface area contributed by atoms with Crippen LogP contribution in [-0.4, -0.2) is 46.5 Å². The Bertz CT molecular complexity index is 1300. The van der Waals surface area contributed by atoms with Crippen molar-refractivity contribution >= 4 is 11.6 Å². The Morgan fingerprint density at radius 3 is 2.54 bits per heavy atom. The Hall–Kier alpha value is -4.15. The normalized spacial score (nSPS) is 15.4. The number of aromatic nitrogens is 2. The van der Waals surface area contributed by atoms with E-state index in [2.05, 4.69) is 15.1 Å². The van der Waals surface area contributed by atoms with Gasteiger partial charge in [-0.3, -0.25) is 14.8 Å². The third kappa shape index (κ3) is 6.16. The minimum absolute atomic E-state index is 0.0132. The zero-order valence-electron chi connectivity index (χ0n) is 20.5. The van der Waals surface area contributed by atoms with Crippen molar-refractivity contribution in [3.8, 4) is 17.2 Å². The highest BCUT2D eigenvalue weighted by atomic mass is 19.4. The highest BCUT2D eigenvalue weighted by Gasteiger charge is 2.32. The molecule has 4 rings (SSSR count). The van der Waals surface area contributed by atoms with E-state index in [0.29, 0.717) is 40.6 Å². The number of hydrogen-bond donors (Lipinski definition) is 0. The van der Waals surface area contributed by atoms with Crippen LogP contribution in [0.1, 0.15) is 41.9 Å². The Balaban J connectivity index is 1.50. The maximum Gasteiger partial charge on any atom is 0.422 e. The number of hydrazone groups is 1. The van der Waals surface area contributed by atoms with Crippen LogP contribution in [-0.2, 0) is 11.4 Å². The van der Waals surface area contributed by atoms with Crippen molar-refractivity contribution in [1.82, 2.24) is 15.0 Å². The molecular weight excluding hydrogens is 489 g/mol. The summed E-state index contributed by atoms with van der Waals surface area (Å²) in [6.07, 6.45) is -0.920. The predicted molar refractivity (Wildman–Crippen MR) is 129 cm³/mol. The van der Waals surface area contributed by atoms with Gasteiger partial charge in [0.1, 0.15) is 12.4 Å². The van der Waals surface area contributed by atoms with Gasteiger partial charge in [0.2, 0.25) is 5.91 Å². The standard InChI is InChI=1S/C26H25F3N4O4/c1-16-21(31-11-9-23(16)37-15-26(27,28)29)14-36-24-8-7-18(12-25(24)35-3)22-13-20(32-33(22)17(2)34)19-6-4-5-10-30-19/h4-12,22H,13-15H2,1-3H3. The summed E-state index contributed by atoms with van der Waals surface area (Å²) in [4.78, 5) is 20.9. The lowest BCUT2D eigenvalue weighted by atomic mass is 10.00. The smallest absolute Gasteiger partial charge is 0.422 e. The van der Waals surface area contributed by atoms with E-state index in [0.717, 1.165) is 5.56 Å². The Labute approximate surface area is 211 Å². The van der Waals surface area contributed by atoms with Crippen molar-refractivity contribution in [2.24, 2.45) is 5.10 Å². The topological polar surface area (TPSA) is 86.1 Å². The molecule has 8 nitrogen and oxygen atoms in total. The molecule has 1 aromatic carbocycles. The quantitative estimate of drug-likeness (QED) is 0.420. The molecule has 1 aliphatic heterocycles. The largest absolute Gasteiger partial charge is 0.493 e. The number of nitrogens with zero attached hydrogens (tertiary/aromatic N) is 4. The molecule has 0 N–H and O–H groups in total. The van der Waals surface area contributed by atoms with Crippen LogP contribution in [0, 0.1) is 6.92 Å². The highest BCUT2D eigenvalue weighted by molar-refractivity contribution is 6.01. The second-order valence-electron chi connectivity index (χ2n) is 8.33. The monoisotopic (exact) mass is 514 g/mol. The zero-order valence-corrected chi connectivity index (χ0v) is 20.5. The molecule has 3 heterocycles. The van der Waals surface area contributed by atoms with E-state index in [-0.39, 0.29) is 24.3 Å². The van der Waals surface area contributed by atoms with Crippen LogP contribution in [0.5, 0.6) is 17.2 Å². The van der Waals surface area contributed by atoms with Gasteiger partial charge in [0, 0.05) is 31.3 Å². The van der Waals surface area contributed by atoms with Crippen molar-refractivity contribution in [2.45, 2.75) is 39.1 Å². The van der Waals surface area contributed by atoms with E-state index in [1.54, 1.807) is 25.3 Å². The molecule has 11 heteroatoms. The molecule has 0 saturated heterocycles. The SMILES string of the molecule is COc1cc(C2CC(c3ccccn3)=NN2C(C)=O)ccc1OCc1nccc(OCC(F)(F)F)c1C. The van der Waals surface area contributed by atoms with Crippen LogP contribution in [0.2, 0.25) is 0 Å². The van der Waals surface area contributed by atoms with Gasteiger partial charge in [0.25, 0.3) is 0 Å². The number of pyridine rings is 2. The van der Waals surface area contributed by atoms with Crippen LogP contribution < -0.4 is 14.2 Å². The van der Waals surface area contributed by atoms with Crippen molar-refractivity contribution in [3.63, 3.8) is 0 Å². The summed E-state index contributed by atoms with van der Waals surface area (Å²) in [7, 11) is 1.49. The molecule has 0 aliphatic carbocycles. The fourth-order valence-corrected chi connectivity index (χ4v) is 3.93. The van der Waals surface area contributed by atoms with Crippen LogP contribution in [0.4, 0.5) is 13.2 Å². The molecular formula is C26H25F3N4O4. The van der Waals surface area contributed by atoms with E-state index < -0.39 is 12.8 Å². The van der Waals surface area contributed by atoms with Crippen molar-refractivity contribution in [3.05, 3.63) is 77.4 Å². The first-order valence-electron chi connectivity index (χ1n) is 11.4. The predicted octanol–water partition coefficient (Wildman–Crippen LogP) is 5.01. The molecule has 0 fully saturated rings. The van der Waals surface area contributed by atoms with E-state index in [1.165, 1.54) is 31.3 Å². The van der Waals surface area contributed by atoms with Crippen LogP contribution in [0.25, 0.3) is 0 Å². The summed E-state index contributed by atoms with van der Waals surface area (Å²) >= 11 is 0. The number of carbonyl (C=O) groups is 1. The van der Waals surface area contributed by atoms with Gasteiger partial charge in [-0.05, 0) is 42.8 Å². The van der Waals surface area contributed by atoms with Gasteiger partial charge in [0.05, 0.1) is 30.3 Å².